The third-order valence-electron chi connectivity index (χ3n) is 9.36. The second-order valence-corrected chi connectivity index (χ2v) is 14.3. The average molecular weight is 705 g/mol. The van der Waals surface area contributed by atoms with Crippen LogP contribution in [-0.4, -0.2) is 49.5 Å². The standard InChI is InChI=1S/C40H41ClN6O2S/c1-4-49-36(48)15-7-5-6-12-31(30-11-10-21-42-23-30)29-18-16-28(17-19-29)24-46-22-20-33-35(25-46)50-40-37(33)38(32-13-8-9-14-34(32)41)43-26(2)39-45-44-27(3)47(39)40/h8-14,16-19,21,23,26H,4-7,15,20,22,24-25H2,1-3H3/b31-12+. The lowest BCUT2D eigenvalue weighted by Crippen LogP contribution is -2.29. The minimum absolute atomic E-state index is 0.122. The van der Waals surface area contributed by atoms with Crippen LogP contribution < -0.4 is 0 Å². The van der Waals surface area contributed by atoms with E-state index in [2.05, 4.69) is 74.0 Å². The Morgan fingerprint density at radius 3 is 2.68 bits per heavy atom. The summed E-state index contributed by atoms with van der Waals surface area (Å²) in [7, 11) is 0. The Hall–Kier alpha value is -4.44. The first-order chi connectivity index (χ1) is 24.4. The van der Waals surface area contributed by atoms with Gasteiger partial charge in [0.05, 0.1) is 12.3 Å². The Morgan fingerprint density at radius 1 is 1.06 bits per heavy atom. The Labute approximate surface area is 302 Å². The lowest BCUT2D eigenvalue weighted by Gasteiger charge is -2.27. The van der Waals surface area contributed by atoms with Crippen LogP contribution in [0.2, 0.25) is 5.02 Å². The zero-order chi connectivity index (χ0) is 34.6. The molecule has 0 saturated heterocycles. The fourth-order valence-electron chi connectivity index (χ4n) is 6.92. The molecule has 2 aliphatic rings. The summed E-state index contributed by atoms with van der Waals surface area (Å²) in [5.74, 6) is 1.61. The molecule has 0 saturated carbocycles. The number of esters is 1. The van der Waals surface area contributed by atoms with Gasteiger partial charge in [-0.15, -0.1) is 21.5 Å². The number of halogens is 1. The van der Waals surface area contributed by atoms with Gasteiger partial charge in [0, 0.05) is 65.0 Å². The Morgan fingerprint density at radius 2 is 1.90 bits per heavy atom. The molecule has 256 valence electrons. The van der Waals surface area contributed by atoms with Crippen molar-refractivity contribution in [2.45, 2.75) is 72.0 Å². The number of carbonyl (C=O) groups excluding carboxylic acids is 1. The molecule has 50 heavy (non-hydrogen) atoms. The molecule has 0 fully saturated rings. The number of aromatic nitrogens is 4. The summed E-state index contributed by atoms with van der Waals surface area (Å²) in [5, 5.41) is 10.8. The number of carbonyl (C=O) groups is 1. The van der Waals surface area contributed by atoms with E-state index in [1.807, 2.05) is 55.6 Å². The van der Waals surface area contributed by atoms with Crippen LogP contribution in [0, 0.1) is 6.92 Å². The summed E-state index contributed by atoms with van der Waals surface area (Å²) in [5.41, 5.74) is 9.13. The van der Waals surface area contributed by atoms with E-state index in [1.165, 1.54) is 21.6 Å². The van der Waals surface area contributed by atoms with Crippen LogP contribution in [0.15, 0.2) is 84.1 Å². The number of thiophene rings is 1. The van der Waals surface area contributed by atoms with Crippen LogP contribution >= 0.6 is 22.9 Å². The summed E-state index contributed by atoms with van der Waals surface area (Å²) in [6.07, 6.45) is 9.99. The highest BCUT2D eigenvalue weighted by Crippen LogP contribution is 2.42. The number of hydrogen-bond donors (Lipinski definition) is 0. The number of fused-ring (bicyclic) bond motifs is 5. The maximum atomic E-state index is 11.7. The van der Waals surface area contributed by atoms with Crippen molar-refractivity contribution in [1.29, 1.82) is 0 Å². The molecule has 3 aromatic heterocycles. The van der Waals surface area contributed by atoms with E-state index in [9.17, 15) is 4.79 Å². The molecule has 1 atom stereocenters. The molecule has 10 heteroatoms. The first-order valence-electron chi connectivity index (χ1n) is 17.4. The third-order valence-corrected chi connectivity index (χ3v) is 10.9. The van der Waals surface area contributed by atoms with Crippen molar-refractivity contribution in [1.82, 2.24) is 24.6 Å². The summed E-state index contributed by atoms with van der Waals surface area (Å²) in [6.45, 7) is 9.04. The molecule has 1 unspecified atom stereocenters. The van der Waals surface area contributed by atoms with Crippen molar-refractivity contribution in [3.63, 3.8) is 0 Å². The zero-order valence-corrected chi connectivity index (χ0v) is 30.3. The van der Waals surface area contributed by atoms with E-state index in [0.29, 0.717) is 18.1 Å². The number of allylic oxidation sites excluding steroid dienone is 1. The second kappa shape index (κ2) is 15.2. The fraction of sp³-hybridized carbons (Fsp3) is 0.325. The fourth-order valence-corrected chi connectivity index (χ4v) is 8.59. The number of benzene rings is 2. The highest BCUT2D eigenvalue weighted by Gasteiger charge is 2.34. The molecule has 0 radical (unpaired) electrons. The number of hydrogen-bond acceptors (Lipinski definition) is 8. The van der Waals surface area contributed by atoms with Crippen molar-refractivity contribution in [2.75, 3.05) is 13.2 Å². The average Bonchev–Trinajstić information content (AvgIpc) is 3.66. The molecule has 8 nitrogen and oxygen atoms in total. The van der Waals surface area contributed by atoms with E-state index in [-0.39, 0.29) is 12.0 Å². The predicted molar refractivity (Wildman–Crippen MR) is 200 cm³/mol. The maximum Gasteiger partial charge on any atom is 0.305 e. The predicted octanol–water partition coefficient (Wildman–Crippen LogP) is 8.71. The molecule has 2 aliphatic heterocycles. The number of aryl methyl sites for hydroxylation is 1. The van der Waals surface area contributed by atoms with Gasteiger partial charge in [0.1, 0.15) is 16.9 Å². The van der Waals surface area contributed by atoms with Gasteiger partial charge in [-0.3, -0.25) is 24.2 Å². The molecule has 7 rings (SSSR count). The van der Waals surface area contributed by atoms with Crippen LogP contribution in [0.25, 0.3) is 10.6 Å². The van der Waals surface area contributed by atoms with Gasteiger partial charge in [0.15, 0.2) is 5.82 Å². The number of aliphatic imine (C=N–C) groups is 1. The summed E-state index contributed by atoms with van der Waals surface area (Å²) >= 11 is 8.62. The summed E-state index contributed by atoms with van der Waals surface area (Å²) in [4.78, 5) is 25.2. The minimum Gasteiger partial charge on any atom is -0.466 e. The highest BCUT2D eigenvalue weighted by atomic mass is 35.5. The van der Waals surface area contributed by atoms with Crippen LogP contribution in [-0.2, 0) is 29.0 Å². The number of unbranched alkanes of at least 4 members (excludes halogenated alkanes) is 2. The lowest BCUT2D eigenvalue weighted by molar-refractivity contribution is -0.143. The van der Waals surface area contributed by atoms with E-state index in [0.717, 1.165) is 89.9 Å². The van der Waals surface area contributed by atoms with Gasteiger partial charge >= 0.3 is 5.97 Å². The van der Waals surface area contributed by atoms with Gasteiger partial charge in [-0.25, -0.2) is 0 Å². The van der Waals surface area contributed by atoms with Gasteiger partial charge in [-0.05, 0) is 80.9 Å². The Bertz CT molecular complexity index is 2050. The molecule has 2 aromatic carbocycles. The first kappa shape index (κ1) is 34.0. The molecule has 0 amide bonds. The first-order valence-corrected chi connectivity index (χ1v) is 18.6. The van der Waals surface area contributed by atoms with Crippen molar-refractivity contribution >= 4 is 40.2 Å². The van der Waals surface area contributed by atoms with Crippen LogP contribution in [0.1, 0.15) is 95.5 Å². The summed E-state index contributed by atoms with van der Waals surface area (Å²) in [6, 6.07) is 20.9. The van der Waals surface area contributed by atoms with Gasteiger partial charge in [-0.2, -0.15) is 0 Å². The SMILES string of the molecule is CCOC(=O)CCCC/C=C(\c1ccc(CN2CCc3c(sc4c3C(c3ccccc3Cl)=NC(C)c3nnc(C)n3-4)C2)cc1)c1cccnc1. The largest absolute Gasteiger partial charge is 0.466 e. The Balaban J connectivity index is 1.11. The number of nitrogens with zero attached hydrogens (tertiary/aromatic N) is 6. The van der Waals surface area contributed by atoms with Crippen molar-refractivity contribution in [3.05, 3.63) is 134 Å². The molecular formula is C40H41ClN6O2S. The van der Waals surface area contributed by atoms with Gasteiger partial charge in [0.2, 0.25) is 0 Å². The van der Waals surface area contributed by atoms with Crippen LogP contribution in [0.3, 0.4) is 0 Å². The van der Waals surface area contributed by atoms with E-state index >= 15 is 0 Å². The van der Waals surface area contributed by atoms with Crippen molar-refractivity contribution in [2.24, 2.45) is 4.99 Å². The maximum absolute atomic E-state index is 11.7. The topological polar surface area (TPSA) is 85.5 Å². The Kier molecular flexibility index (Phi) is 10.4. The number of ether oxygens (including phenoxy) is 1. The van der Waals surface area contributed by atoms with Gasteiger partial charge in [0.25, 0.3) is 0 Å². The third kappa shape index (κ3) is 7.08. The van der Waals surface area contributed by atoms with Gasteiger partial charge in [-0.1, -0.05) is 66.2 Å². The van der Waals surface area contributed by atoms with E-state index in [1.54, 1.807) is 6.20 Å². The molecular weight excluding hydrogens is 664 g/mol. The molecule has 5 heterocycles. The molecule has 0 bridgehead atoms. The smallest absolute Gasteiger partial charge is 0.305 e. The molecule has 0 aliphatic carbocycles. The zero-order valence-electron chi connectivity index (χ0n) is 28.7. The normalized spacial score (nSPS) is 15.9. The number of rotatable bonds is 11. The second-order valence-electron chi connectivity index (χ2n) is 12.8. The molecule has 5 aromatic rings. The van der Waals surface area contributed by atoms with Crippen LogP contribution in [0.5, 0.6) is 0 Å². The van der Waals surface area contributed by atoms with Crippen molar-refractivity contribution in [3.8, 4) is 5.00 Å². The monoisotopic (exact) mass is 704 g/mol. The number of pyridine rings is 1. The van der Waals surface area contributed by atoms with E-state index in [4.69, 9.17) is 21.3 Å². The minimum atomic E-state index is -0.148. The van der Waals surface area contributed by atoms with E-state index < -0.39 is 0 Å². The molecule has 0 N–H and O–H groups in total. The summed E-state index contributed by atoms with van der Waals surface area (Å²) < 4.78 is 7.28. The highest BCUT2D eigenvalue weighted by molar-refractivity contribution is 7.15. The van der Waals surface area contributed by atoms with Crippen LogP contribution in [0.4, 0.5) is 0 Å². The quantitative estimate of drug-likeness (QED) is 0.101. The lowest BCUT2D eigenvalue weighted by atomic mass is 9.94. The van der Waals surface area contributed by atoms with Crippen molar-refractivity contribution < 1.29 is 9.53 Å². The molecule has 0 spiro atoms. The van der Waals surface area contributed by atoms with Gasteiger partial charge < -0.3 is 4.74 Å².